The van der Waals surface area contributed by atoms with Crippen molar-refractivity contribution in [2.45, 2.75) is 58.4 Å². The molecule has 0 heterocycles. The Hall–Kier alpha value is -1.26. The van der Waals surface area contributed by atoms with Crippen LogP contribution in [0.1, 0.15) is 52.4 Å². The van der Waals surface area contributed by atoms with Crippen LogP contribution >= 0.6 is 0 Å². The van der Waals surface area contributed by atoms with Crippen LogP contribution in [0.5, 0.6) is 0 Å². The van der Waals surface area contributed by atoms with Crippen LogP contribution in [-0.2, 0) is 4.79 Å². The summed E-state index contributed by atoms with van der Waals surface area (Å²) in [6.07, 6.45) is 5.22. The number of nitrogens with one attached hydrogen (secondary N) is 1. The van der Waals surface area contributed by atoms with Gasteiger partial charge in [-0.2, -0.15) is 0 Å². The van der Waals surface area contributed by atoms with Crippen LogP contribution in [0.15, 0.2) is 5.16 Å². The molecule has 1 rings (SSSR count). The highest BCUT2D eigenvalue weighted by Crippen LogP contribution is 2.37. The van der Waals surface area contributed by atoms with Gasteiger partial charge in [-0.05, 0) is 26.2 Å². The van der Waals surface area contributed by atoms with Gasteiger partial charge in [0.25, 0.3) is 0 Å². The smallest absolute Gasteiger partial charge is 0.234 e. The molecule has 1 aliphatic carbocycles. The molecule has 0 bridgehead atoms. The van der Waals surface area contributed by atoms with E-state index < -0.39 is 5.41 Å². The number of amidine groups is 1. The van der Waals surface area contributed by atoms with Crippen molar-refractivity contribution in [3.05, 3.63) is 0 Å². The molecule has 5 heteroatoms. The van der Waals surface area contributed by atoms with Crippen molar-refractivity contribution in [2.75, 3.05) is 0 Å². The minimum absolute atomic E-state index is 0.0537. The largest absolute Gasteiger partial charge is 0.409 e. The first-order chi connectivity index (χ1) is 8.06. The van der Waals surface area contributed by atoms with Gasteiger partial charge in [-0.3, -0.25) is 4.79 Å². The van der Waals surface area contributed by atoms with Crippen LogP contribution in [0, 0.1) is 5.41 Å². The predicted octanol–water partition coefficient (Wildman–Crippen LogP) is 1.60. The molecule has 1 unspecified atom stereocenters. The van der Waals surface area contributed by atoms with Gasteiger partial charge in [0.2, 0.25) is 5.91 Å². The first-order valence-corrected chi connectivity index (χ1v) is 6.35. The van der Waals surface area contributed by atoms with E-state index in [9.17, 15) is 4.79 Å². The SMILES string of the molecule is CCC(C)NC(=O)C1(C(N)=NO)CCCCC1. The van der Waals surface area contributed by atoms with Gasteiger partial charge in [-0.25, -0.2) is 0 Å². The summed E-state index contributed by atoms with van der Waals surface area (Å²) in [5.74, 6) is -0.0418. The molecule has 4 N–H and O–H groups in total. The summed E-state index contributed by atoms with van der Waals surface area (Å²) in [6, 6.07) is 0.118. The summed E-state index contributed by atoms with van der Waals surface area (Å²) in [6.45, 7) is 3.97. The van der Waals surface area contributed by atoms with Gasteiger partial charge in [-0.15, -0.1) is 0 Å². The van der Waals surface area contributed by atoms with Crippen molar-refractivity contribution < 1.29 is 10.0 Å². The van der Waals surface area contributed by atoms with Crippen LogP contribution in [0.25, 0.3) is 0 Å². The van der Waals surface area contributed by atoms with E-state index in [0.29, 0.717) is 12.8 Å². The Kier molecular flexibility index (Phi) is 4.78. The fraction of sp³-hybridized carbons (Fsp3) is 0.833. The third-order valence-electron chi connectivity index (χ3n) is 3.73. The molecule has 17 heavy (non-hydrogen) atoms. The Morgan fingerprint density at radius 1 is 1.47 bits per heavy atom. The second kappa shape index (κ2) is 5.89. The molecule has 0 aromatic heterocycles. The topological polar surface area (TPSA) is 87.7 Å². The standard InChI is InChI=1S/C12H23N3O2/c1-3-9(2)14-11(16)12(10(13)15-17)7-5-4-6-8-12/h9,17H,3-8H2,1-2H3,(H2,13,15)(H,14,16). The lowest BCUT2D eigenvalue weighted by molar-refractivity contribution is -0.129. The molecule has 1 amide bonds. The Bertz CT molecular complexity index is 296. The number of carbonyl (C=O) groups excluding carboxylic acids is 1. The van der Waals surface area contributed by atoms with Crippen molar-refractivity contribution in [1.29, 1.82) is 0 Å². The molecule has 0 aromatic rings. The number of rotatable bonds is 4. The summed E-state index contributed by atoms with van der Waals surface area (Å²) in [4.78, 5) is 12.3. The number of nitrogens with zero attached hydrogens (tertiary/aromatic N) is 1. The van der Waals surface area contributed by atoms with Gasteiger partial charge >= 0.3 is 0 Å². The second-order valence-corrected chi connectivity index (χ2v) is 4.91. The monoisotopic (exact) mass is 241 g/mol. The molecule has 1 atom stereocenters. The van der Waals surface area contributed by atoms with Crippen molar-refractivity contribution in [1.82, 2.24) is 5.32 Å². The molecule has 0 aromatic carbocycles. The van der Waals surface area contributed by atoms with Crippen molar-refractivity contribution >= 4 is 11.7 Å². The number of nitrogens with two attached hydrogens (primary N) is 1. The molecule has 5 nitrogen and oxygen atoms in total. The Morgan fingerprint density at radius 3 is 2.53 bits per heavy atom. The van der Waals surface area contributed by atoms with E-state index in [1.165, 1.54) is 0 Å². The first kappa shape index (κ1) is 13.8. The summed E-state index contributed by atoms with van der Waals surface area (Å²) in [5, 5.41) is 14.9. The van der Waals surface area contributed by atoms with Gasteiger partial charge < -0.3 is 16.3 Å². The highest BCUT2D eigenvalue weighted by molar-refractivity contribution is 6.06. The van der Waals surface area contributed by atoms with E-state index >= 15 is 0 Å². The Morgan fingerprint density at radius 2 is 2.06 bits per heavy atom. The zero-order chi connectivity index (χ0) is 12.9. The van der Waals surface area contributed by atoms with Gasteiger partial charge in [0, 0.05) is 6.04 Å². The molecule has 1 fully saturated rings. The van der Waals surface area contributed by atoms with E-state index in [1.54, 1.807) is 0 Å². The van der Waals surface area contributed by atoms with Gasteiger partial charge in [0.15, 0.2) is 5.84 Å². The maximum absolute atomic E-state index is 12.3. The molecular weight excluding hydrogens is 218 g/mol. The van der Waals surface area contributed by atoms with Crippen LogP contribution < -0.4 is 11.1 Å². The van der Waals surface area contributed by atoms with E-state index in [-0.39, 0.29) is 17.8 Å². The molecule has 0 aliphatic heterocycles. The second-order valence-electron chi connectivity index (χ2n) is 4.91. The Labute approximate surface area is 102 Å². The van der Waals surface area contributed by atoms with Crippen molar-refractivity contribution in [2.24, 2.45) is 16.3 Å². The third kappa shape index (κ3) is 2.90. The minimum Gasteiger partial charge on any atom is -0.409 e. The average molecular weight is 241 g/mol. The van der Waals surface area contributed by atoms with Crippen molar-refractivity contribution in [3.63, 3.8) is 0 Å². The van der Waals surface area contributed by atoms with E-state index in [0.717, 1.165) is 25.7 Å². The fourth-order valence-electron chi connectivity index (χ4n) is 2.31. The summed E-state index contributed by atoms with van der Waals surface area (Å²) >= 11 is 0. The molecule has 1 aliphatic rings. The van der Waals surface area contributed by atoms with Crippen molar-refractivity contribution in [3.8, 4) is 0 Å². The highest BCUT2D eigenvalue weighted by Gasteiger charge is 2.44. The molecule has 1 saturated carbocycles. The highest BCUT2D eigenvalue weighted by atomic mass is 16.4. The maximum Gasteiger partial charge on any atom is 0.234 e. The maximum atomic E-state index is 12.3. The summed E-state index contributed by atoms with van der Waals surface area (Å²) in [7, 11) is 0. The molecule has 98 valence electrons. The van der Waals surface area contributed by atoms with E-state index in [4.69, 9.17) is 10.9 Å². The molecule has 0 saturated heterocycles. The number of hydrogen-bond acceptors (Lipinski definition) is 3. The van der Waals surface area contributed by atoms with Gasteiger partial charge in [0.1, 0.15) is 5.41 Å². The van der Waals surface area contributed by atoms with Crippen LogP contribution in [0.3, 0.4) is 0 Å². The molecule has 0 spiro atoms. The Balaban J connectivity index is 2.86. The van der Waals surface area contributed by atoms with E-state index in [2.05, 4.69) is 10.5 Å². The zero-order valence-corrected chi connectivity index (χ0v) is 10.7. The fourth-order valence-corrected chi connectivity index (χ4v) is 2.31. The normalized spacial score (nSPS) is 21.9. The average Bonchev–Trinajstić information content (AvgIpc) is 2.38. The van der Waals surface area contributed by atoms with Gasteiger partial charge in [-0.1, -0.05) is 31.3 Å². The zero-order valence-electron chi connectivity index (χ0n) is 10.7. The molecule has 0 radical (unpaired) electrons. The number of amides is 1. The number of carbonyl (C=O) groups is 1. The van der Waals surface area contributed by atoms with Crippen LogP contribution in [0.4, 0.5) is 0 Å². The number of hydrogen-bond donors (Lipinski definition) is 3. The minimum atomic E-state index is -0.795. The quantitative estimate of drug-likeness (QED) is 0.302. The van der Waals surface area contributed by atoms with Crippen LogP contribution in [0.2, 0.25) is 0 Å². The predicted molar refractivity (Wildman–Crippen MR) is 66.8 cm³/mol. The lowest BCUT2D eigenvalue weighted by atomic mass is 9.72. The lowest BCUT2D eigenvalue weighted by Gasteiger charge is -2.35. The summed E-state index contributed by atoms with van der Waals surface area (Å²) in [5.41, 5.74) is 4.94. The lowest BCUT2D eigenvalue weighted by Crippen LogP contribution is -2.52. The van der Waals surface area contributed by atoms with E-state index in [1.807, 2.05) is 13.8 Å². The first-order valence-electron chi connectivity index (χ1n) is 6.35. The number of oxime groups is 1. The van der Waals surface area contributed by atoms with Crippen LogP contribution in [-0.4, -0.2) is 23.0 Å². The third-order valence-corrected chi connectivity index (χ3v) is 3.73. The van der Waals surface area contributed by atoms with Gasteiger partial charge in [0.05, 0.1) is 0 Å². The molecular formula is C12H23N3O2. The summed E-state index contributed by atoms with van der Waals surface area (Å²) < 4.78 is 0.